The first kappa shape index (κ1) is 13.8. The van der Waals surface area contributed by atoms with Crippen molar-refractivity contribution in [1.82, 2.24) is 15.0 Å². The van der Waals surface area contributed by atoms with Crippen LogP contribution in [0.1, 0.15) is 40.5 Å². The van der Waals surface area contributed by atoms with Crippen molar-refractivity contribution in [3.63, 3.8) is 0 Å². The number of hydrazine groups is 1. The minimum atomic E-state index is -0.0394. The number of aromatic nitrogens is 3. The number of hydrogen-bond donors (Lipinski definition) is 3. The smallest absolute Gasteiger partial charge is 0.323 e. The fraction of sp³-hybridized carbons (Fsp3) is 0.750. The largest absolute Gasteiger partial charge is 0.461 e. The van der Waals surface area contributed by atoms with Crippen molar-refractivity contribution in [3.05, 3.63) is 0 Å². The Labute approximate surface area is 113 Å². The highest BCUT2D eigenvalue weighted by Gasteiger charge is 2.38. The molecule has 2 rings (SSSR count). The molecule has 0 aliphatic heterocycles. The molecule has 0 unspecified atom stereocenters. The van der Waals surface area contributed by atoms with Crippen LogP contribution in [0.2, 0.25) is 0 Å². The topological polar surface area (TPSA) is 98.0 Å². The van der Waals surface area contributed by atoms with E-state index < -0.39 is 0 Å². The number of nitrogens with two attached hydrogens (primary N) is 1. The lowest BCUT2D eigenvalue weighted by molar-refractivity contribution is 0.222. The molecule has 1 saturated carbocycles. The predicted octanol–water partition coefficient (Wildman–Crippen LogP) is 1.54. The summed E-state index contributed by atoms with van der Waals surface area (Å²) >= 11 is 0. The Morgan fingerprint density at radius 2 is 1.84 bits per heavy atom. The Balaban J connectivity index is 2.18. The molecule has 1 aromatic heterocycles. The highest BCUT2D eigenvalue weighted by atomic mass is 16.5. The van der Waals surface area contributed by atoms with Crippen LogP contribution < -0.4 is 21.3 Å². The first-order valence-electron chi connectivity index (χ1n) is 6.58. The van der Waals surface area contributed by atoms with Crippen LogP contribution in [0.3, 0.4) is 0 Å². The second-order valence-corrected chi connectivity index (χ2v) is 5.70. The quantitative estimate of drug-likeness (QED) is 0.530. The van der Waals surface area contributed by atoms with Crippen LogP contribution in [-0.4, -0.2) is 26.6 Å². The molecule has 0 atom stereocenters. The molecule has 7 nitrogen and oxygen atoms in total. The van der Waals surface area contributed by atoms with Gasteiger partial charge in [0, 0.05) is 5.54 Å². The van der Waals surface area contributed by atoms with E-state index in [2.05, 4.69) is 39.5 Å². The Hall–Kier alpha value is -1.63. The summed E-state index contributed by atoms with van der Waals surface area (Å²) in [6.07, 6.45) is 2.47. The summed E-state index contributed by atoms with van der Waals surface area (Å²) in [5, 5.41) is 3.33. The molecule has 1 aromatic rings. The Morgan fingerprint density at radius 3 is 2.37 bits per heavy atom. The maximum Gasteiger partial charge on any atom is 0.323 e. The van der Waals surface area contributed by atoms with Crippen LogP contribution in [0.25, 0.3) is 0 Å². The average Bonchev–Trinajstić information content (AvgIpc) is 3.10. The molecule has 1 aliphatic carbocycles. The average molecular weight is 266 g/mol. The van der Waals surface area contributed by atoms with E-state index in [0.717, 1.165) is 0 Å². The zero-order valence-corrected chi connectivity index (χ0v) is 11.9. The SMILES string of the molecule is CC(C)Oc1nc(NN)nc(NC(C)(C)C2CC2)n1. The predicted molar refractivity (Wildman–Crippen MR) is 73.8 cm³/mol. The van der Waals surface area contributed by atoms with E-state index in [1.165, 1.54) is 12.8 Å². The van der Waals surface area contributed by atoms with E-state index in [4.69, 9.17) is 10.6 Å². The standard InChI is InChI=1S/C12H22N6O/c1-7(2)19-11-15-9(14-10(16-11)18-13)17-12(3,4)8-5-6-8/h7-8H,5-6,13H2,1-4H3,(H2,14,15,16,17,18). The molecule has 1 heterocycles. The minimum absolute atomic E-state index is 0.00248. The van der Waals surface area contributed by atoms with Gasteiger partial charge in [0.15, 0.2) is 0 Å². The third-order valence-electron chi connectivity index (χ3n) is 3.12. The van der Waals surface area contributed by atoms with Crippen LogP contribution >= 0.6 is 0 Å². The summed E-state index contributed by atoms with van der Waals surface area (Å²) in [4.78, 5) is 12.5. The van der Waals surface area contributed by atoms with Gasteiger partial charge in [-0.25, -0.2) is 5.84 Å². The first-order chi connectivity index (χ1) is 8.90. The number of hydrogen-bond acceptors (Lipinski definition) is 7. The number of nitrogens with one attached hydrogen (secondary N) is 2. The Kier molecular flexibility index (Phi) is 3.75. The van der Waals surface area contributed by atoms with E-state index in [0.29, 0.717) is 17.8 Å². The maximum atomic E-state index is 5.49. The maximum absolute atomic E-state index is 5.49. The number of nitrogen functional groups attached to an aromatic ring is 1. The van der Waals surface area contributed by atoms with Gasteiger partial charge in [-0.1, -0.05) is 0 Å². The van der Waals surface area contributed by atoms with Gasteiger partial charge >= 0.3 is 6.01 Å². The van der Waals surface area contributed by atoms with Crippen molar-refractivity contribution in [2.24, 2.45) is 11.8 Å². The molecule has 0 aromatic carbocycles. The van der Waals surface area contributed by atoms with Crippen LogP contribution in [0.15, 0.2) is 0 Å². The number of rotatable bonds is 6. The Bertz CT molecular complexity index is 444. The van der Waals surface area contributed by atoms with Crippen molar-refractivity contribution in [2.45, 2.75) is 52.2 Å². The van der Waals surface area contributed by atoms with Gasteiger partial charge in [0.2, 0.25) is 11.9 Å². The summed E-state index contributed by atoms with van der Waals surface area (Å²) in [5.41, 5.74) is 2.39. The van der Waals surface area contributed by atoms with Crippen molar-refractivity contribution in [1.29, 1.82) is 0 Å². The summed E-state index contributed by atoms with van der Waals surface area (Å²) < 4.78 is 5.49. The van der Waals surface area contributed by atoms with E-state index in [-0.39, 0.29) is 17.7 Å². The van der Waals surface area contributed by atoms with Gasteiger partial charge in [-0.05, 0) is 46.5 Å². The number of ether oxygens (including phenoxy) is 1. The molecule has 0 spiro atoms. The molecule has 1 fully saturated rings. The molecule has 0 saturated heterocycles. The van der Waals surface area contributed by atoms with Crippen molar-refractivity contribution >= 4 is 11.9 Å². The molecule has 1 aliphatic rings. The van der Waals surface area contributed by atoms with Crippen molar-refractivity contribution < 1.29 is 4.74 Å². The van der Waals surface area contributed by atoms with Gasteiger partial charge in [0.1, 0.15) is 0 Å². The van der Waals surface area contributed by atoms with Gasteiger partial charge in [-0.2, -0.15) is 15.0 Å². The molecular formula is C12H22N6O. The molecule has 0 amide bonds. The number of anilines is 2. The van der Waals surface area contributed by atoms with E-state index in [1.807, 2.05) is 13.8 Å². The first-order valence-corrected chi connectivity index (χ1v) is 6.58. The van der Waals surface area contributed by atoms with Crippen LogP contribution in [-0.2, 0) is 0 Å². The second-order valence-electron chi connectivity index (χ2n) is 5.70. The van der Waals surface area contributed by atoms with E-state index >= 15 is 0 Å². The fourth-order valence-corrected chi connectivity index (χ4v) is 1.94. The van der Waals surface area contributed by atoms with Gasteiger partial charge < -0.3 is 10.1 Å². The lowest BCUT2D eigenvalue weighted by Gasteiger charge is -2.26. The highest BCUT2D eigenvalue weighted by Crippen LogP contribution is 2.40. The summed E-state index contributed by atoms with van der Waals surface area (Å²) in [5.74, 6) is 6.80. The van der Waals surface area contributed by atoms with E-state index in [9.17, 15) is 0 Å². The Morgan fingerprint density at radius 1 is 1.21 bits per heavy atom. The summed E-state index contributed by atoms with van der Waals surface area (Å²) in [7, 11) is 0. The molecular weight excluding hydrogens is 244 g/mol. The molecule has 19 heavy (non-hydrogen) atoms. The summed E-state index contributed by atoms with van der Waals surface area (Å²) in [6.45, 7) is 8.13. The zero-order valence-electron chi connectivity index (χ0n) is 11.9. The monoisotopic (exact) mass is 266 g/mol. The zero-order chi connectivity index (χ0) is 14.0. The van der Waals surface area contributed by atoms with Gasteiger partial charge in [-0.15, -0.1) is 0 Å². The second kappa shape index (κ2) is 5.16. The normalized spacial score (nSPS) is 15.5. The lowest BCUT2D eigenvalue weighted by atomic mass is 9.99. The van der Waals surface area contributed by atoms with Crippen molar-refractivity contribution in [3.8, 4) is 6.01 Å². The van der Waals surface area contributed by atoms with Gasteiger partial charge in [0.05, 0.1) is 6.10 Å². The highest BCUT2D eigenvalue weighted by molar-refractivity contribution is 5.37. The number of nitrogens with zero attached hydrogens (tertiary/aromatic N) is 3. The fourth-order valence-electron chi connectivity index (χ4n) is 1.94. The third-order valence-corrected chi connectivity index (χ3v) is 3.12. The molecule has 4 N–H and O–H groups in total. The van der Waals surface area contributed by atoms with Crippen LogP contribution in [0, 0.1) is 5.92 Å². The van der Waals surface area contributed by atoms with Crippen LogP contribution in [0.5, 0.6) is 6.01 Å². The third kappa shape index (κ3) is 3.66. The summed E-state index contributed by atoms with van der Waals surface area (Å²) in [6, 6.07) is 0.270. The lowest BCUT2D eigenvalue weighted by Crippen LogP contribution is -2.34. The molecule has 7 heteroatoms. The molecule has 0 radical (unpaired) electrons. The molecule has 106 valence electrons. The van der Waals surface area contributed by atoms with Crippen molar-refractivity contribution in [2.75, 3.05) is 10.7 Å². The van der Waals surface area contributed by atoms with Gasteiger partial charge in [-0.3, -0.25) is 5.43 Å². The van der Waals surface area contributed by atoms with Gasteiger partial charge in [0.25, 0.3) is 0 Å². The van der Waals surface area contributed by atoms with E-state index in [1.54, 1.807) is 0 Å². The molecule has 0 bridgehead atoms. The minimum Gasteiger partial charge on any atom is -0.461 e. The van der Waals surface area contributed by atoms with Crippen LogP contribution in [0.4, 0.5) is 11.9 Å².